The zero-order valence-electron chi connectivity index (χ0n) is 24.6. The molecule has 4 fully saturated rings. The summed E-state index contributed by atoms with van der Waals surface area (Å²) >= 11 is 0. The van der Waals surface area contributed by atoms with Gasteiger partial charge >= 0.3 is 6.09 Å². The summed E-state index contributed by atoms with van der Waals surface area (Å²) in [7, 11) is 0. The number of fused-ring (bicyclic) bond motifs is 2. The Kier molecular flexibility index (Phi) is 7.34. The Labute approximate surface area is 242 Å². The molecular weight excluding hydrogens is 522 g/mol. The van der Waals surface area contributed by atoms with Gasteiger partial charge in [-0.2, -0.15) is 0 Å². The minimum Gasteiger partial charge on any atom is -0.444 e. The van der Waals surface area contributed by atoms with Crippen LogP contribution in [-0.4, -0.2) is 96.0 Å². The van der Waals surface area contributed by atoms with Crippen LogP contribution in [0.3, 0.4) is 0 Å². The molecule has 1 aromatic rings. The van der Waals surface area contributed by atoms with E-state index < -0.39 is 17.1 Å². The molecule has 4 aliphatic heterocycles. The number of hydrogen-bond acceptors (Lipinski definition) is 7. The fourth-order valence-corrected chi connectivity index (χ4v) is 6.95. The van der Waals surface area contributed by atoms with Gasteiger partial charge in [0.2, 0.25) is 17.7 Å². The number of anilines is 1. The fourth-order valence-electron chi connectivity index (χ4n) is 6.95. The first-order valence-corrected chi connectivity index (χ1v) is 15.3. The molecule has 3 saturated heterocycles. The van der Waals surface area contributed by atoms with E-state index in [0.29, 0.717) is 12.3 Å². The predicted octanol–water partition coefficient (Wildman–Crippen LogP) is 2.63. The molecular formula is C31H43N5O5. The average Bonchev–Trinajstić information content (AvgIpc) is 3.69. The third-order valence-corrected chi connectivity index (χ3v) is 9.39. The number of nitrogens with one attached hydrogen (secondary N) is 1. The molecule has 5 aliphatic rings. The molecule has 6 rings (SSSR count). The van der Waals surface area contributed by atoms with Crippen molar-refractivity contribution >= 4 is 29.5 Å². The number of rotatable bonds is 5. The molecule has 1 aliphatic carbocycles. The van der Waals surface area contributed by atoms with Crippen LogP contribution in [0.1, 0.15) is 70.4 Å². The van der Waals surface area contributed by atoms with Crippen molar-refractivity contribution in [1.29, 1.82) is 0 Å². The van der Waals surface area contributed by atoms with Crippen LogP contribution in [0.4, 0.5) is 10.5 Å². The lowest BCUT2D eigenvalue weighted by Gasteiger charge is -2.39. The largest absolute Gasteiger partial charge is 0.444 e. The summed E-state index contributed by atoms with van der Waals surface area (Å²) in [6, 6.07) is 5.69. The maximum absolute atomic E-state index is 13.5. The van der Waals surface area contributed by atoms with Crippen LogP contribution in [0.15, 0.2) is 18.2 Å². The number of nitrogens with zero attached hydrogens (tertiary/aromatic N) is 4. The minimum absolute atomic E-state index is 0.0182. The summed E-state index contributed by atoms with van der Waals surface area (Å²) in [6.07, 6.45) is 4.12. The van der Waals surface area contributed by atoms with Crippen LogP contribution in [0.5, 0.6) is 0 Å². The van der Waals surface area contributed by atoms with Crippen molar-refractivity contribution in [2.45, 2.75) is 82.9 Å². The Bertz CT molecular complexity index is 1220. The molecule has 0 bridgehead atoms. The zero-order valence-corrected chi connectivity index (χ0v) is 24.6. The van der Waals surface area contributed by atoms with Crippen LogP contribution >= 0.6 is 0 Å². The van der Waals surface area contributed by atoms with Gasteiger partial charge in [0.1, 0.15) is 11.6 Å². The second kappa shape index (κ2) is 10.7. The van der Waals surface area contributed by atoms with Gasteiger partial charge in [0.05, 0.1) is 5.41 Å². The van der Waals surface area contributed by atoms with Crippen LogP contribution in [0, 0.1) is 5.92 Å². The van der Waals surface area contributed by atoms with Gasteiger partial charge in [0.25, 0.3) is 0 Å². The van der Waals surface area contributed by atoms with Gasteiger partial charge in [0, 0.05) is 64.5 Å². The summed E-state index contributed by atoms with van der Waals surface area (Å²) in [5, 5.41) is 2.41. The highest BCUT2D eigenvalue weighted by molar-refractivity contribution is 6.15. The van der Waals surface area contributed by atoms with Gasteiger partial charge in [-0.15, -0.1) is 0 Å². The molecule has 4 heterocycles. The van der Waals surface area contributed by atoms with Crippen LogP contribution < -0.4 is 10.2 Å². The number of piperazine rings is 1. The lowest BCUT2D eigenvalue weighted by Crippen LogP contribution is -2.54. The van der Waals surface area contributed by atoms with E-state index in [2.05, 4.69) is 27.2 Å². The molecule has 1 aromatic carbocycles. The van der Waals surface area contributed by atoms with Crippen molar-refractivity contribution in [3.63, 3.8) is 0 Å². The molecule has 0 radical (unpaired) electrons. The van der Waals surface area contributed by atoms with Crippen molar-refractivity contribution in [1.82, 2.24) is 20.0 Å². The maximum Gasteiger partial charge on any atom is 0.410 e. The molecule has 1 N–H and O–H groups in total. The molecule has 1 spiro atoms. The summed E-state index contributed by atoms with van der Waals surface area (Å²) < 4.78 is 5.53. The van der Waals surface area contributed by atoms with Gasteiger partial charge in [-0.25, -0.2) is 4.79 Å². The van der Waals surface area contributed by atoms with E-state index >= 15 is 0 Å². The van der Waals surface area contributed by atoms with E-state index in [0.717, 1.165) is 89.3 Å². The monoisotopic (exact) mass is 565 g/mol. The Morgan fingerprint density at radius 3 is 2.29 bits per heavy atom. The Hall–Kier alpha value is -2.98. The smallest absolute Gasteiger partial charge is 0.410 e. The quantitative estimate of drug-likeness (QED) is 0.548. The van der Waals surface area contributed by atoms with Crippen molar-refractivity contribution in [3.05, 3.63) is 29.3 Å². The summed E-state index contributed by atoms with van der Waals surface area (Å²) in [6.45, 7) is 13.2. The molecule has 10 nitrogen and oxygen atoms in total. The molecule has 0 aromatic heterocycles. The number of carbonyl (C=O) groups is 4. The van der Waals surface area contributed by atoms with Crippen molar-refractivity contribution < 1.29 is 23.9 Å². The molecule has 41 heavy (non-hydrogen) atoms. The number of amides is 4. The number of piperidine rings is 2. The van der Waals surface area contributed by atoms with E-state index in [1.165, 1.54) is 5.56 Å². The normalized spacial score (nSPS) is 25.4. The third kappa shape index (κ3) is 5.73. The number of carbonyl (C=O) groups excluding carboxylic acids is 4. The second-order valence-electron chi connectivity index (χ2n) is 13.6. The zero-order chi connectivity index (χ0) is 28.9. The Balaban J connectivity index is 1.01. The average molecular weight is 566 g/mol. The summed E-state index contributed by atoms with van der Waals surface area (Å²) in [5.74, 6) is -0.00621. The topological polar surface area (TPSA) is 102 Å². The highest BCUT2D eigenvalue weighted by atomic mass is 16.6. The maximum atomic E-state index is 13.5. The fraction of sp³-hybridized carbons (Fsp3) is 0.677. The molecule has 1 saturated carbocycles. The first kappa shape index (κ1) is 28.2. The number of likely N-dealkylation sites (tertiary alicyclic amines) is 1. The summed E-state index contributed by atoms with van der Waals surface area (Å²) in [4.78, 5) is 58.7. The number of imide groups is 1. The molecule has 4 amide bonds. The van der Waals surface area contributed by atoms with E-state index in [4.69, 9.17) is 4.74 Å². The second-order valence-corrected chi connectivity index (χ2v) is 13.6. The summed E-state index contributed by atoms with van der Waals surface area (Å²) in [5.41, 5.74) is 2.16. The van der Waals surface area contributed by atoms with E-state index in [1.54, 1.807) is 4.90 Å². The lowest BCUT2D eigenvalue weighted by molar-refractivity contribution is -0.135. The van der Waals surface area contributed by atoms with Gasteiger partial charge in [-0.1, -0.05) is 12.1 Å². The standard InChI is InChI=1S/C31H43N5O5/c1-30(2,3)41-29(40)35-12-8-21(9-13-35)19-33-14-16-34(17-15-33)20-22-4-5-24-23(18-22)31(10-11-31)28(39)36(24)25-6-7-26(37)32-27(25)38/h4-5,18,21,25H,6-17,19-20H2,1-3H3,(H,32,37,38). The van der Waals surface area contributed by atoms with E-state index in [-0.39, 0.29) is 30.2 Å². The van der Waals surface area contributed by atoms with Crippen LogP contribution in [-0.2, 0) is 31.1 Å². The van der Waals surface area contributed by atoms with Crippen molar-refractivity contribution in [3.8, 4) is 0 Å². The van der Waals surface area contributed by atoms with Gasteiger partial charge < -0.3 is 14.5 Å². The Morgan fingerprint density at radius 1 is 0.976 bits per heavy atom. The third-order valence-electron chi connectivity index (χ3n) is 9.39. The van der Waals surface area contributed by atoms with Gasteiger partial charge in [-0.05, 0) is 76.0 Å². The first-order chi connectivity index (χ1) is 19.5. The van der Waals surface area contributed by atoms with Crippen molar-refractivity contribution in [2.75, 3.05) is 50.7 Å². The van der Waals surface area contributed by atoms with Crippen LogP contribution in [0.25, 0.3) is 0 Å². The van der Waals surface area contributed by atoms with E-state index in [1.807, 2.05) is 31.7 Å². The number of hydrogen-bond donors (Lipinski definition) is 1. The Morgan fingerprint density at radius 2 is 1.66 bits per heavy atom. The molecule has 222 valence electrons. The highest BCUT2D eigenvalue weighted by Gasteiger charge is 2.61. The van der Waals surface area contributed by atoms with Crippen molar-refractivity contribution in [2.24, 2.45) is 5.92 Å². The molecule has 10 heteroatoms. The predicted molar refractivity (Wildman–Crippen MR) is 153 cm³/mol. The number of benzene rings is 1. The SMILES string of the molecule is CC(C)(C)OC(=O)N1CCC(CN2CCN(Cc3ccc4c(c3)C3(CC3)C(=O)N4C3CCC(=O)NC3=O)CC2)CC1. The molecule has 1 atom stereocenters. The van der Waals surface area contributed by atoms with Gasteiger partial charge in [0.15, 0.2) is 0 Å². The first-order valence-electron chi connectivity index (χ1n) is 15.3. The highest BCUT2D eigenvalue weighted by Crippen LogP contribution is 2.58. The molecule has 1 unspecified atom stereocenters. The number of ether oxygens (including phenoxy) is 1. The van der Waals surface area contributed by atoms with E-state index in [9.17, 15) is 19.2 Å². The van der Waals surface area contributed by atoms with Crippen LogP contribution in [0.2, 0.25) is 0 Å². The minimum atomic E-state index is -0.609. The van der Waals surface area contributed by atoms with Gasteiger partial charge in [-0.3, -0.25) is 29.5 Å². The lowest BCUT2D eigenvalue weighted by atomic mass is 9.95.